The standard InChI is InChI=1S/C12H14Cl2N2O2/c1-7(4-8-6-17-12(15)16-8)18-9-2-3-10(13)11(14)5-9/h2-3,5,7-8H,4,6H2,1H3,(H2,15,16)/t7-,8?/m1/s1. The SMILES string of the molecule is C[C@H](CC1COC(N)=N1)Oc1ccc(Cl)c(Cl)c1. The zero-order chi connectivity index (χ0) is 13.1. The molecular weight excluding hydrogens is 275 g/mol. The van der Waals surface area contributed by atoms with Crippen LogP contribution >= 0.6 is 23.2 Å². The summed E-state index contributed by atoms with van der Waals surface area (Å²) in [6, 6.07) is 5.50. The van der Waals surface area contributed by atoms with Gasteiger partial charge in [0.25, 0.3) is 6.02 Å². The van der Waals surface area contributed by atoms with Gasteiger partial charge >= 0.3 is 0 Å². The van der Waals surface area contributed by atoms with E-state index >= 15 is 0 Å². The quantitative estimate of drug-likeness (QED) is 0.927. The van der Waals surface area contributed by atoms with Gasteiger partial charge < -0.3 is 15.2 Å². The van der Waals surface area contributed by atoms with E-state index in [1.54, 1.807) is 18.2 Å². The number of hydrogen-bond donors (Lipinski definition) is 1. The molecule has 1 aromatic carbocycles. The number of rotatable bonds is 4. The van der Waals surface area contributed by atoms with E-state index in [9.17, 15) is 0 Å². The van der Waals surface area contributed by atoms with Gasteiger partial charge in [0.2, 0.25) is 0 Å². The van der Waals surface area contributed by atoms with Gasteiger partial charge in [-0.3, -0.25) is 0 Å². The number of hydrogen-bond acceptors (Lipinski definition) is 4. The van der Waals surface area contributed by atoms with Crippen LogP contribution in [0.25, 0.3) is 0 Å². The highest BCUT2D eigenvalue weighted by molar-refractivity contribution is 6.42. The molecule has 1 aliphatic heterocycles. The molecule has 2 rings (SSSR count). The molecule has 18 heavy (non-hydrogen) atoms. The van der Waals surface area contributed by atoms with Crippen molar-refractivity contribution in [2.45, 2.75) is 25.5 Å². The first-order valence-corrected chi connectivity index (χ1v) is 6.38. The summed E-state index contributed by atoms with van der Waals surface area (Å²) in [5.41, 5.74) is 5.44. The van der Waals surface area contributed by atoms with Gasteiger partial charge in [0.15, 0.2) is 0 Å². The first kappa shape index (κ1) is 13.3. The molecular formula is C12H14Cl2N2O2. The van der Waals surface area contributed by atoms with Gasteiger partial charge in [0.1, 0.15) is 12.4 Å². The fraction of sp³-hybridized carbons (Fsp3) is 0.417. The Morgan fingerprint density at radius 1 is 1.50 bits per heavy atom. The third-order valence-electron chi connectivity index (χ3n) is 2.57. The lowest BCUT2D eigenvalue weighted by molar-refractivity contribution is 0.189. The molecule has 0 radical (unpaired) electrons. The molecule has 0 spiro atoms. The Kier molecular flexibility index (Phi) is 4.19. The molecule has 0 aromatic heterocycles. The minimum atomic E-state index is -0.00880. The van der Waals surface area contributed by atoms with Crippen molar-refractivity contribution >= 4 is 29.2 Å². The summed E-state index contributed by atoms with van der Waals surface area (Å²) in [5.74, 6) is 0.688. The molecule has 0 saturated carbocycles. The lowest BCUT2D eigenvalue weighted by Crippen LogP contribution is -2.20. The highest BCUT2D eigenvalue weighted by atomic mass is 35.5. The second-order valence-electron chi connectivity index (χ2n) is 4.17. The third-order valence-corrected chi connectivity index (χ3v) is 3.30. The number of halogens is 2. The fourth-order valence-electron chi connectivity index (χ4n) is 1.77. The van der Waals surface area contributed by atoms with Crippen LogP contribution in [0.3, 0.4) is 0 Å². The fourth-order valence-corrected chi connectivity index (χ4v) is 2.06. The number of nitrogens with zero attached hydrogens (tertiary/aromatic N) is 1. The lowest BCUT2D eigenvalue weighted by Gasteiger charge is -2.16. The maximum absolute atomic E-state index is 5.92. The number of ether oxygens (including phenoxy) is 2. The van der Waals surface area contributed by atoms with E-state index in [1.165, 1.54) is 0 Å². The predicted octanol–water partition coefficient (Wildman–Crippen LogP) is 2.86. The monoisotopic (exact) mass is 288 g/mol. The number of amidine groups is 1. The van der Waals surface area contributed by atoms with Crippen LogP contribution in [0.4, 0.5) is 0 Å². The highest BCUT2D eigenvalue weighted by Crippen LogP contribution is 2.27. The lowest BCUT2D eigenvalue weighted by atomic mass is 10.1. The first-order valence-electron chi connectivity index (χ1n) is 5.62. The third kappa shape index (κ3) is 3.43. The van der Waals surface area contributed by atoms with Gasteiger partial charge in [0, 0.05) is 12.5 Å². The number of benzene rings is 1. The molecule has 4 nitrogen and oxygen atoms in total. The van der Waals surface area contributed by atoms with E-state index in [-0.39, 0.29) is 18.2 Å². The van der Waals surface area contributed by atoms with Gasteiger partial charge in [-0.1, -0.05) is 23.2 Å². The van der Waals surface area contributed by atoms with E-state index < -0.39 is 0 Å². The summed E-state index contributed by atoms with van der Waals surface area (Å²) in [6.45, 7) is 2.48. The van der Waals surface area contributed by atoms with Crippen LogP contribution in [-0.2, 0) is 4.74 Å². The van der Waals surface area contributed by atoms with Crippen molar-refractivity contribution in [1.29, 1.82) is 0 Å². The van der Waals surface area contributed by atoms with Gasteiger partial charge in [0.05, 0.1) is 22.2 Å². The molecule has 2 atom stereocenters. The highest BCUT2D eigenvalue weighted by Gasteiger charge is 2.20. The molecule has 2 N–H and O–H groups in total. The van der Waals surface area contributed by atoms with Crippen LogP contribution in [0.5, 0.6) is 5.75 Å². The van der Waals surface area contributed by atoms with Crippen LogP contribution in [0, 0.1) is 0 Å². The summed E-state index contributed by atoms with van der Waals surface area (Å²) in [5, 5.41) is 0.992. The smallest absolute Gasteiger partial charge is 0.282 e. The van der Waals surface area contributed by atoms with Crippen LogP contribution < -0.4 is 10.5 Å². The van der Waals surface area contributed by atoms with E-state index in [1.807, 2.05) is 6.92 Å². The van der Waals surface area contributed by atoms with Crippen LogP contribution in [0.2, 0.25) is 10.0 Å². The second-order valence-corrected chi connectivity index (χ2v) is 4.99. The van der Waals surface area contributed by atoms with E-state index in [0.717, 1.165) is 6.42 Å². The Morgan fingerprint density at radius 3 is 2.89 bits per heavy atom. The molecule has 0 amide bonds. The topological polar surface area (TPSA) is 56.8 Å². The minimum Gasteiger partial charge on any atom is -0.491 e. The average Bonchev–Trinajstić information content (AvgIpc) is 2.69. The first-order chi connectivity index (χ1) is 8.54. The van der Waals surface area contributed by atoms with Crippen molar-refractivity contribution in [3.8, 4) is 5.75 Å². The largest absolute Gasteiger partial charge is 0.491 e. The number of aliphatic imine (C=N–C) groups is 1. The van der Waals surface area contributed by atoms with E-state index in [2.05, 4.69) is 4.99 Å². The van der Waals surface area contributed by atoms with Crippen LogP contribution in [-0.4, -0.2) is 24.8 Å². The average molecular weight is 289 g/mol. The Labute approximate surface area is 116 Å². The molecule has 1 aromatic rings. The molecule has 1 aliphatic rings. The molecule has 1 heterocycles. The zero-order valence-corrected chi connectivity index (χ0v) is 11.4. The van der Waals surface area contributed by atoms with Crippen molar-refractivity contribution in [2.24, 2.45) is 10.7 Å². The second kappa shape index (κ2) is 5.67. The summed E-state index contributed by atoms with van der Waals surface area (Å²) in [6.07, 6.45) is 0.728. The Bertz CT molecular complexity index is 465. The summed E-state index contributed by atoms with van der Waals surface area (Å²) in [4.78, 5) is 4.15. The van der Waals surface area contributed by atoms with Gasteiger partial charge in [-0.25, -0.2) is 4.99 Å². The molecule has 0 fully saturated rings. The molecule has 6 heteroatoms. The molecule has 1 unspecified atom stereocenters. The van der Waals surface area contributed by atoms with Crippen molar-refractivity contribution in [3.05, 3.63) is 28.2 Å². The van der Waals surface area contributed by atoms with Crippen molar-refractivity contribution in [2.75, 3.05) is 6.61 Å². The summed E-state index contributed by atoms with van der Waals surface area (Å²) in [7, 11) is 0. The molecule has 0 bridgehead atoms. The summed E-state index contributed by atoms with van der Waals surface area (Å²) < 4.78 is 10.8. The van der Waals surface area contributed by atoms with Gasteiger partial charge in [-0.2, -0.15) is 0 Å². The van der Waals surface area contributed by atoms with Gasteiger partial charge in [-0.05, 0) is 19.1 Å². The summed E-state index contributed by atoms with van der Waals surface area (Å²) >= 11 is 11.8. The van der Waals surface area contributed by atoms with Crippen molar-refractivity contribution in [1.82, 2.24) is 0 Å². The maximum atomic E-state index is 5.92. The Balaban J connectivity index is 1.90. The molecule has 98 valence electrons. The Morgan fingerprint density at radius 2 is 2.28 bits per heavy atom. The maximum Gasteiger partial charge on any atom is 0.282 e. The van der Waals surface area contributed by atoms with E-state index in [0.29, 0.717) is 22.4 Å². The van der Waals surface area contributed by atoms with Crippen LogP contribution in [0.1, 0.15) is 13.3 Å². The van der Waals surface area contributed by atoms with Crippen molar-refractivity contribution in [3.63, 3.8) is 0 Å². The Hall–Kier alpha value is -1.13. The number of nitrogens with two attached hydrogens (primary N) is 1. The minimum absolute atomic E-state index is 0.00880. The zero-order valence-electron chi connectivity index (χ0n) is 9.90. The van der Waals surface area contributed by atoms with Crippen LogP contribution in [0.15, 0.2) is 23.2 Å². The van der Waals surface area contributed by atoms with Gasteiger partial charge in [-0.15, -0.1) is 0 Å². The molecule has 0 aliphatic carbocycles. The normalized spacial score (nSPS) is 20.2. The molecule has 0 saturated heterocycles. The van der Waals surface area contributed by atoms with Crippen molar-refractivity contribution < 1.29 is 9.47 Å². The predicted molar refractivity (Wildman–Crippen MR) is 72.5 cm³/mol. The van der Waals surface area contributed by atoms with E-state index in [4.69, 9.17) is 38.4 Å².